The third-order valence-corrected chi connectivity index (χ3v) is 6.33. The number of thiazole rings is 1. The Morgan fingerprint density at radius 3 is 2.82 bits per heavy atom. The third-order valence-electron chi connectivity index (χ3n) is 5.46. The number of unbranched alkanes of at least 4 members (excludes halogenated alkanes) is 1. The van der Waals surface area contributed by atoms with Crippen molar-refractivity contribution in [2.24, 2.45) is 0 Å². The highest BCUT2D eigenvalue weighted by molar-refractivity contribution is 7.15. The number of carbonyl (C=O) groups excluding carboxylic acids is 1. The van der Waals surface area contributed by atoms with Crippen LogP contribution >= 0.6 is 11.3 Å². The molecule has 172 valence electrons. The number of rotatable bonds is 8. The van der Waals surface area contributed by atoms with Gasteiger partial charge in [-0.1, -0.05) is 19.4 Å². The molecule has 0 saturated heterocycles. The summed E-state index contributed by atoms with van der Waals surface area (Å²) >= 11 is 1.36. The molecule has 1 N–H and O–H groups in total. The number of carbonyl (C=O) groups is 1. The number of hydrogen-bond acceptors (Lipinski definition) is 6. The zero-order chi connectivity index (χ0) is 23.5. The van der Waals surface area contributed by atoms with Crippen molar-refractivity contribution < 1.29 is 9.53 Å². The summed E-state index contributed by atoms with van der Waals surface area (Å²) in [5.41, 5.74) is 3.72. The van der Waals surface area contributed by atoms with E-state index in [0.29, 0.717) is 34.2 Å². The number of nitrogens with zero attached hydrogens (tertiary/aromatic N) is 4. The molecule has 0 aliphatic rings. The monoisotopic (exact) mass is 465 g/mol. The molecular formula is C24H27N5O3S. The molecule has 0 atom stereocenters. The van der Waals surface area contributed by atoms with Crippen LogP contribution in [-0.4, -0.2) is 38.7 Å². The number of benzene rings is 1. The molecule has 0 saturated carbocycles. The van der Waals surface area contributed by atoms with E-state index in [4.69, 9.17) is 9.84 Å². The van der Waals surface area contributed by atoms with Crippen LogP contribution in [-0.2, 0) is 11.2 Å². The van der Waals surface area contributed by atoms with Crippen LogP contribution in [0.5, 0.6) is 5.75 Å². The maximum absolute atomic E-state index is 13.6. The van der Waals surface area contributed by atoms with Crippen LogP contribution in [0.25, 0.3) is 21.9 Å². The topological polar surface area (TPSA) is 90.5 Å². The minimum Gasteiger partial charge on any atom is -0.497 e. The zero-order valence-corrected chi connectivity index (χ0v) is 20.0. The summed E-state index contributed by atoms with van der Waals surface area (Å²) in [7, 11) is 1.62. The van der Waals surface area contributed by atoms with Gasteiger partial charge in [0, 0.05) is 29.4 Å². The minimum atomic E-state index is -0.217. The van der Waals surface area contributed by atoms with Gasteiger partial charge in [-0.15, -0.1) is 11.3 Å². The molecule has 33 heavy (non-hydrogen) atoms. The SMILES string of the molecule is CCCCNC(=O)Cc1csc2nc(C)c(-c3cc(C)n(-c4cccc(OC)c4)n3)c(=O)n12. The lowest BCUT2D eigenvalue weighted by Crippen LogP contribution is -2.28. The molecule has 0 bridgehead atoms. The Bertz CT molecular complexity index is 1370. The molecule has 9 heteroatoms. The van der Waals surface area contributed by atoms with Crippen molar-refractivity contribution in [3.8, 4) is 22.7 Å². The third kappa shape index (κ3) is 4.54. The van der Waals surface area contributed by atoms with Crippen molar-refractivity contribution >= 4 is 22.2 Å². The molecule has 0 radical (unpaired) electrons. The van der Waals surface area contributed by atoms with Crippen LogP contribution < -0.4 is 15.6 Å². The fourth-order valence-electron chi connectivity index (χ4n) is 3.76. The second-order valence-corrected chi connectivity index (χ2v) is 8.72. The van der Waals surface area contributed by atoms with Gasteiger partial charge in [-0.2, -0.15) is 5.10 Å². The van der Waals surface area contributed by atoms with Gasteiger partial charge in [-0.05, 0) is 38.5 Å². The summed E-state index contributed by atoms with van der Waals surface area (Å²) in [4.78, 5) is 31.1. The highest BCUT2D eigenvalue weighted by Crippen LogP contribution is 2.24. The Kier molecular flexibility index (Phi) is 6.60. The van der Waals surface area contributed by atoms with E-state index >= 15 is 0 Å². The van der Waals surface area contributed by atoms with Gasteiger partial charge in [0.15, 0.2) is 4.96 Å². The van der Waals surface area contributed by atoms with Crippen LogP contribution in [0.3, 0.4) is 0 Å². The standard InChI is InChI=1S/C24H27N5O3S/c1-5-6-10-25-21(30)13-18-14-33-24-26-16(3)22(23(31)28(18)24)20-11-15(2)29(27-20)17-8-7-9-19(12-17)32-4/h7-9,11-12,14H,5-6,10,13H2,1-4H3,(H,25,30). The van der Waals surface area contributed by atoms with E-state index in [1.165, 1.54) is 15.7 Å². The second kappa shape index (κ2) is 9.58. The molecule has 0 unspecified atom stereocenters. The van der Waals surface area contributed by atoms with Crippen molar-refractivity contribution in [2.75, 3.05) is 13.7 Å². The van der Waals surface area contributed by atoms with Gasteiger partial charge in [0.1, 0.15) is 11.4 Å². The number of amides is 1. The lowest BCUT2D eigenvalue weighted by molar-refractivity contribution is -0.120. The summed E-state index contributed by atoms with van der Waals surface area (Å²) in [5, 5.41) is 9.44. The lowest BCUT2D eigenvalue weighted by atomic mass is 10.1. The molecule has 0 aliphatic heterocycles. The summed E-state index contributed by atoms with van der Waals surface area (Å²) < 4.78 is 8.64. The van der Waals surface area contributed by atoms with Crippen LogP contribution in [0.15, 0.2) is 40.5 Å². The van der Waals surface area contributed by atoms with Crippen LogP contribution in [0.2, 0.25) is 0 Å². The zero-order valence-electron chi connectivity index (χ0n) is 19.2. The Balaban J connectivity index is 1.74. The van der Waals surface area contributed by atoms with Crippen LogP contribution in [0, 0.1) is 13.8 Å². The van der Waals surface area contributed by atoms with E-state index in [2.05, 4.69) is 17.2 Å². The van der Waals surface area contributed by atoms with Crippen LogP contribution in [0.4, 0.5) is 0 Å². The largest absolute Gasteiger partial charge is 0.497 e. The number of hydrogen-bond donors (Lipinski definition) is 1. The Hall–Kier alpha value is -3.46. The summed E-state index contributed by atoms with van der Waals surface area (Å²) in [6.07, 6.45) is 2.07. The number of aryl methyl sites for hydroxylation is 2. The fourth-order valence-corrected chi connectivity index (χ4v) is 4.68. The molecule has 1 aromatic carbocycles. The molecule has 4 rings (SSSR count). The number of methoxy groups -OCH3 is 1. The van der Waals surface area contributed by atoms with E-state index in [0.717, 1.165) is 30.0 Å². The van der Waals surface area contributed by atoms with Gasteiger partial charge >= 0.3 is 0 Å². The van der Waals surface area contributed by atoms with Gasteiger partial charge in [0.05, 0.1) is 30.5 Å². The molecule has 0 spiro atoms. The average molecular weight is 466 g/mol. The van der Waals surface area contributed by atoms with Crippen molar-refractivity contribution in [3.05, 3.63) is 63.1 Å². The number of nitrogens with one attached hydrogen (secondary N) is 1. The van der Waals surface area contributed by atoms with Crippen molar-refractivity contribution in [2.45, 2.75) is 40.0 Å². The minimum absolute atomic E-state index is 0.102. The smallest absolute Gasteiger partial charge is 0.268 e. The average Bonchev–Trinajstić information content (AvgIpc) is 3.37. The van der Waals surface area contributed by atoms with Crippen molar-refractivity contribution in [1.29, 1.82) is 0 Å². The molecule has 3 heterocycles. The Morgan fingerprint density at radius 2 is 2.06 bits per heavy atom. The highest BCUT2D eigenvalue weighted by Gasteiger charge is 2.20. The molecule has 4 aromatic rings. The molecule has 3 aromatic heterocycles. The summed E-state index contributed by atoms with van der Waals surface area (Å²) in [6, 6.07) is 9.46. The first-order valence-electron chi connectivity index (χ1n) is 10.9. The molecular weight excluding hydrogens is 438 g/mol. The fraction of sp³-hybridized carbons (Fsp3) is 0.333. The first kappa shape index (κ1) is 22.7. The van der Waals surface area contributed by atoms with Crippen molar-refractivity contribution in [3.63, 3.8) is 0 Å². The predicted octanol–water partition coefficient (Wildman–Crippen LogP) is 3.69. The molecule has 1 amide bonds. The highest BCUT2D eigenvalue weighted by atomic mass is 32.1. The van der Waals surface area contributed by atoms with Gasteiger partial charge in [0.2, 0.25) is 5.91 Å². The number of aromatic nitrogens is 4. The first-order valence-corrected chi connectivity index (χ1v) is 11.8. The number of ether oxygens (including phenoxy) is 1. The Morgan fingerprint density at radius 1 is 1.24 bits per heavy atom. The Labute approximate surface area is 195 Å². The quantitative estimate of drug-likeness (QED) is 0.401. The maximum atomic E-state index is 13.6. The van der Waals surface area contributed by atoms with Gasteiger partial charge in [-0.25, -0.2) is 9.67 Å². The van der Waals surface area contributed by atoms with E-state index in [-0.39, 0.29) is 17.9 Å². The van der Waals surface area contributed by atoms with Crippen molar-refractivity contribution in [1.82, 2.24) is 24.5 Å². The summed E-state index contributed by atoms with van der Waals surface area (Å²) in [6.45, 7) is 6.46. The van der Waals surface area contributed by atoms with Crippen LogP contribution in [0.1, 0.15) is 36.8 Å². The van der Waals surface area contributed by atoms with E-state index < -0.39 is 0 Å². The van der Waals surface area contributed by atoms with Gasteiger partial charge in [0.25, 0.3) is 5.56 Å². The molecule has 0 aliphatic carbocycles. The maximum Gasteiger partial charge on any atom is 0.268 e. The van der Waals surface area contributed by atoms with Gasteiger partial charge in [-0.3, -0.25) is 14.0 Å². The number of fused-ring (bicyclic) bond motifs is 1. The first-order chi connectivity index (χ1) is 15.9. The van der Waals surface area contributed by atoms with E-state index in [9.17, 15) is 9.59 Å². The van der Waals surface area contributed by atoms with E-state index in [1.807, 2.05) is 49.6 Å². The normalized spacial score (nSPS) is 11.2. The van der Waals surface area contributed by atoms with Gasteiger partial charge < -0.3 is 10.1 Å². The second-order valence-electron chi connectivity index (χ2n) is 7.89. The predicted molar refractivity (Wildman–Crippen MR) is 130 cm³/mol. The lowest BCUT2D eigenvalue weighted by Gasteiger charge is -2.07. The van der Waals surface area contributed by atoms with E-state index in [1.54, 1.807) is 11.8 Å². The summed E-state index contributed by atoms with van der Waals surface area (Å²) in [5.74, 6) is 0.624. The molecule has 8 nitrogen and oxygen atoms in total. The molecule has 0 fully saturated rings.